The normalized spacial score (nSPS) is 12.2. The van der Waals surface area contributed by atoms with E-state index in [1.165, 1.54) is 7.11 Å². The molecule has 0 saturated heterocycles. The lowest BCUT2D eigenvalue weighted by atomic mass is 9.99. The van der Waals surface area contributed by atoms with E-state index in [0.29, 0.717) is 35.6 Å². The molecule has 0 spiro atoms. The van der Waals surface area contributed by atoms with Crippen molar-refractivity contribution < 1.29 is 19.1 Å². The summed E-state index contributed by atoms with van der Waals surface area (Å²) in [5, 5.41) is 2.88. The highest BCUT2D eigenvalue weighted by Gasteiger charge is 2.33. The number of nitrogens with one attached hydrogen (secondary N) is 1. The van der Waals surface area contributed by atoms with E-state index >= 15 is 0 Å². The predicted octanol–water partition coefficient (Wildman–Crippen LogP) is 3.56. The van der Waals surface area contributed by atoms with Crippen LogP contribution < -0.4 is 5.32 Å². The molecule has 0 radical (unpaired) electrons. The topological polar surface area (TPSA) is 80.6 Å². The Hall–Kier alpha value is -2.31. The lowest BCUT2D eigenvalue weighted by molar-refractivity contribution is 0.0587. The molecule has 2 amide bonds. The summed E-state index contributed by atoms with van der Waals surface area (Å²) >= 11 is 0. The van der Waals surface area contributed by atoms with E-state index in [-0.39, 0.29) is 23.8 Å². The van der Waals surface area contributed by atoms with E-state index in [1.54, 1.807) is 23.3 Å². The Morgan fingerprint density at radius 1 is 1.11 bits per heavy atom. The van der Waals surface area contributed by atoms with Crippen LogP contribution in [0.5, 0.6) is 0 Å². The fourth-order valence-electron chi connectivity index (χ4n) is 3.50. The van der Waals surface area contributed by atoms with E-state index in [2.05, 4.69) is 5.32 Å². The zero-order valence-electron chi connectivity index (χ0n) is 18.7. The van der Waals surface area contributed by atoms with Crippen LogP contribution in [0.25, 0.3) is 0 Å². The maximum absolute atomic E-state index is 13.4. The van der Waals surface area contributed by atoms with Crippen LogP contribution in [0.2, 0.25) is 0 Å². The smallest absolute Gasteiger partial charge is 0.354 e. The Kier molecular flexibility index (Phi) is 8.27. The summed E-state index contributed by atoms with van der Waals surface area (Å²) in [6.07, 6.45) is 0. The second-order valence-corrected chi connectivity index (χ2v) is 7.86. The Balaban J connectivity index is 3.39. The number of rotatable bonds is 8. The van der Waals surface area contributed by atoms with Gasteiger partial charge in [0.2, 0.25) is 0 Å². The minimum Gasteiger partial charge on any atom is -0.464 e. The quantitative estimate of drug-likeness (QED) is 0.541. The van der Waals surface area contributed by atoms with Gasteiger partial charge in [-0.05, 0) is 53.0 Å². The maximum Gasteiger partial charge on any atom is 0.354 e. The monoisotopic (exact) mass is 393 g/mol. The average Bonchev–Trinajstić information content (AvgIpc) is 2.86. The van der Waals surface area contributed by atoms with Crippen molar-refractivity contribution in [1.82, 2.24) is 14.8 Å². The summed E-state index contributed by atoms with van der Waals surface area (Å²) in [5.41, 5.74) is 2.18. The van der Waals surface area contributed by atoms with Gasteiger partial charge < -0.3 is 19.5 Å². The minimum atomic E-state index is -0.656. The molecule has 1 aromatic heterocycles. The zero-order valence-corrected chi connectivity index (χ0v) is 18.7. The number of Topliss-reactive ketones (excluding diaryl/α,β-unsaturated/α-hetero) is 1. The summed E-state index contributed by atoms with van der Waals surface area (Å²) in [6, 6.07) is -0.945. The van der Waals surface area contributed by atoms with Gasteiger partial charge in [-0.1, -0.05) is 13.8 Å². The summed E-state index contributed by atoms with van der Waals surface area (Å²) in [7, 11) is 1.33. The largest absolute Gasteiger partial charge is 0.464 e. The molecule has 0 aliphatic rings. The van der Waals surface area contributed by atoms with Gasteiger partial charge in [0.25, 0.3) is 0 Å². The summed E-state index contributed by atoms with van der Waals surface area (Å²) in [5.74, 6) is -0.432. The molecule has 1 unspecified atom stereocenters. The minimum absolute atomic E-state index is 0.0277. The van der Waals surface area contributed by atoms with Crippen LogP contribution in [0.3, 0.4) is 0 Å². The van der Waals surface area contributed by atoms with Gasteiger partial charge >= 0.3 is 12.0 Å². The molecule has 1 N–H and O–H groups in total. The molecule has 0 aliphatic heterocycles. The van der Waals surface area contributed by atoms with Crippen molar-refractivity contribution in [1.29, 1.82) is 0 Å². The van der Waals surface area contributed by atoms with Crippen molar-refractivity contribution in [2.45, 2.75) is 74.0 Å². The summed E-state index contributed by atoms with van der Waals surface area (Å²) in [6.45, 7) is 16.0. The van der Waals surface area contributed by atoms with E-state index in [9.17, 15) is 14.4 Å². The number of ether oxygens (including phenoxy) is 1. The number of nitrogens with zero attached hydrogens (tertiary/aromatic N) is 2. The second-order valence-electron chi connectivity index (χ2n) is 7.86. The predicted molar refractivity (Wildman–Crippen MR) is 110 cm³/mol. The molecule has 1 aromatic rings. The highest BCUT2D eigenvalue weighted by Crippen LogP contribution is 2.26. The Labute approximate surface area is 168 Å². The number of carbonyl (C=O) groups excluding carboxylic acids is 3. The number of methoxy groups -OCH3 is 1. The molecule has 0 fully saturated rings. The molecule has 0 saturated carbocycles. The first kappa shape index (κ1) is 23.7. The fraction of sp³-hybridized carbons (Fsp3) is 0.667. The lowest BCUT2D eigenvalue weighted by Gasteiger charge is -2.31. The first-order valence-corrected chi connectivity index (χ1v) is 9.87. The molecule has 0 aliphatic carbocycles. The molecule has 0 bridgehead atoms. The first-order chi connectivity index (χ1) is 13.0. The van der Waals surface area contributed by atoms with Crippen molar-refractivity contribution in [3.8, 4) is 0 Å². The van der Waals surface area contributed by atoms with Crippen LogP contribution in [0, 0.1) is 19.8 Å². The third-order valence-electron chi connectivity index (χ3n) is 4.79. The van der Waals surface area contributed by atoms with Crippen molar-refractivity contribution >= 4 is 17.8 Å². The molecular formula is C21H35N3O4. The van der Waals surface area contributed by atoms with Crippen LogP contribution in [0.4, 0.5) is 4.79 Å². The fourth-order valence-corrected chi connectivity index (χ4v) is 3.50. The molecule has 28 heavy (non-hydrogen) atoms. The van der Waals surface area contributed by atoms with E-state index in [0.717, 1.165) is 0 Å². The van der Waals surface area contributed by atoms with Gasteiger partial charge in [-0.25, -0.2) is 9.59 Å². The number of hydrogen-bond acceptors (Lipinski definition) is 4. The van der Waals surface area contributed by atoms with Crippen molar-refractivity contribution in [2.75, 3.05) is 13.7 Å². The first-order valence-electron chi connectivity index (χ1n) is 9.87. The van der Waals surface area contributed by atoms with E-state index in [4.69, 9.17) is 4.74 Å². The van der Waals surface area contributed by atoms with Crippen LogP contribution in [-0.4, -0.2) is 53.0 Å². The van der Waals surface area contributed by atoms with Crippen LogP contribution >= 0.6 is 0 Å². The summed E-state index contributed by atoms with van der Waals surface area (Å²) in [4.78, 5) is 39.9. The number of hydrogen-bond donors (Lipinski definition) is 1. The molecule has 1 atom stereocenters. The number of aromatic nitrogens is 1. The maximum atomic E-state index is 13.4. The van der Waals surface area contributed by atoms with Gasteiger partial charge in [0.15, 0.2) is 5.78 Å². The molecule has 1 rings (SSSR count). The average molecular weight is 394 g/mol. The number of amides is 2. The van der Waals surface area contributed by atoms with E-state index < -0.39 is 12.0 Å². The number of carbonyl (C=O) groups is 3. The van der Waals surface area contributed by atoms with Crippen molar-refractivity contribution in [2.24, 2.45) is 5.92 Å². The molecule has 0 aromatic carbocycles. The van der Waals surface area contributed by atoms with Gasteiger partial charge in [0.1, 0.15) is 5.69 Å². The van der Waals surface area contributed by atoms with Gasteiger partial charge in [-0.2, -0.15) is 0 Å². The van der Waals surface area contributed by atoms with Gasteiger partial charge in [-0.3, -0.25) is 4.79 Å². The number of esters is 1. The lowest BCUT2D eigenvalue weighted by Crippen LogP contribution is -2.51. The standard InChI is InChI=1S/C21H35N3O4/c1-10-23-15(7)17(14(6)18(23)20(26)28-9)19(25)16(8)24(11-12(2)3)21(27)22-13(4)5/h12-13,16H,10-11H2,1-9H3,(H,22,27). The van der Waals surface area contributed by atoms with Gasteiger partial charge in [0.05, 0.1) is 13.2 Å². The summed E-state index contributed by atoms with van der Waals surface area (Å²) < 4.78 is 6.70. The molecule has 7 nitrogen and oxygen atoms in total. The van der Waals surface area contributed by atoms with Crippen molar-refractivity contribution in [3.63, 3.8) is 0 Å². The Morgan fingerprint density at radius 3 is 2.11 bits per heavy atom. The van der Waals surface area contributed by atoms with E-state index in [1.807, 2.05) is 41.5 Å². The third kappa shape index (κ3) is 4.94. The highest BCUT2D eigenvalue weighted by molar-refractivity contribution is 6.06. The third-order valence-corrected chi connectivity index (χ3v) is 4.79. The molecule has 1 heterocycles. The highest BCUT2D eigenvalue weighted by atomic mass is 16.5. The molecule has 7 heteroatoms. The van der Waals surface area contributed by atoms with Crippen molar-refractivity contribution in [3.05, 3.63) is 22.5 Å². The number of ketones is 1. The second kappa shape index (κ2) is 9.75. The van der Waals surface area contributed by atoms with Crippen LogP contribution in [-0.2, 0) is 11.3 Å². The number of urea groups is 1. The van der Waals surface area contributed by atoms with Gasteiger partial charge in [0, 0.05) is 30.4 Å². The van der Waals surface area contributed by atoms with Crippen LogP contribution in [0.1, 0.15) is 73.6 Å². The van der Waals surface area contributed by atoms with Gasteiger partial charge in [-0.15, -0.1) is 0 Å². The SMILES string of the molecule is CCn1c(C)c(C(=O)C(C)N(CC(C)C)C(=O)NC(C)C)c(C)c1C(=O)OC. The Morgan fingerprint density at radius 2 is 1.68 bits per heavy atom. The molecular weight excluding hydrogens is 358 g/mol. The zero-order chi connectivity index (χ0) is 21.8. The molecule has 158 valence electrons. The van der Waals surface area contributed by atoms with Crippen LogP contribution in [0.15, 0.2) is 0 Å². The Bertz CT molecular complexity index is 734.